The highest BCUT2D eigenvalue weighted by Crippen LogP contribution is 2.32. The Morgan fingerprint density at radius 1 is 1.37 bits per heavy atom. The molecular weight excluding hydrogens is 236 g/mol. The third-order valence-electron chi connectivity index (χ3n) is 4.41. The van der Waals surface area contributed by atoms with Gasteiger partial charge in [-0.05, 0) is 24.3 Å². The standard InChI is InChI=1S/C16H24N2O/c1-13-7-5-6-10-16(13,12-17)18-15(19)11-14-8-3-2-4-9-14/h2-4,8-9,13H,5-7,10-12,17H2,1H3,(H,18,19). The van der Waals surface area contributed by atoms with E-state index in [0.717, 1.165) is 24.8 Å². The van der Waals surface area contributed by atoms with E-state index in [4.69, 9.17) is 5.73 Å². The van der Waals surface area contributed by atoms with Crippen LogP contribution in [0.15, 0.2) is 30.3 Å². The number of hydrogen-bond donors (Lipinski definition) is 2. The summed E-state index contributed by atoms with van der Waals surface area (Å²) >= 11 is 0. The van der Waals surface area contributed by atoms with Crippen molar-refractivity contribution in [3.05, 3.63) is 35.9 Å². The minimum Gasteiger partial charge on any atom is -0.349 e. The number of nitrogens with one attached hydrogen (secondary N) is 1. The van der Waals surface area contributed by atoms with E-state index >= 15 is 0 Å². The van der Waals surface area contributed by atoms with Crippen LogP contribution in [0, 0.1) is 5.92 Å². The van der Waals surface area contributed by atoms with E-state index in [0.29, 0.717) is 18.9 Å². The van der Waals surface area contributed by atoms with Gasteiger partial charge in [0.05, 0.1) is 12.0 Å². The first-order chi connectivity index (χ1) is 9.16. The van der Waals surface area contributed by atoms with E-state index < -0.39 is 0 Å². The highest BCUT2D eigenvalue weighted by Gasteiger charge is 2.38. The van der Waals surface area contributed by atoms with E-state index in [1.165, 1.54) is 6.42 Å². The van der Waals surface area contributed by atoms with Crippen LogP contribution in [0.2, 0.25) is 0 Å². The fraction of sp³-hybridized carbons (Fsp3) is 0.562. The van der Waals surface area contributed by atoms with Gasteiger partial charge in [0.25, 0.3) is 0 Å². The Kier molecular flexibility index (Phi) is 4.59. The first kappa shape index (κ1) is 14.1. The van der Waals surface area contributed by atoms with Crippen LogP contribution in [0.5, 0.6) is 0 Å². The van der Waals surface area contributed by atoms with Gasteiger partial charge in [-0.1, -0.05) is 50.1 Å². The van der Waals surface area contributed by atoms with Crippen LogP contribution in [0.4, 0.5) is 0 Å². The summed E-state index contributed by atoms with van der Waals surface area (Å²) in [6.45, 7) is 2.74. The molecule has 2 unspecified atom stereocenters. The second-order valence-electron chi connectivity index (χ2n) is 5.72. The van der Waals surface area contributed by atoms with Gasteiger partial charge < -0.3 is 11.1 Å². The molecule has 1 aliphatic rings. The van der Waals surface area contributed by atoms with Crippen molar-refractivity contribution in [2.24, 2.45) is 11.7 Å². The molecule has 0 aliphatic heterocycles. The minimum atomic E-state index is -0.190. The number of hydrogen-bond acceptors (Lipinski definition) is 2. The molecule has 0 aromatic heterocycles. The molecule has 1 saturated carbocycles. The molecular formula is C16H24N2O. The van der Waals surface area contributed by atoms with Gasteiger partial charge in [0.2, 0.25) is 5.91 Å². The molecule has 2 rings (SSSR count). The van der Waals surface area contributed by atoms with Crippen molar-refractivity contribution in [2.45, 2.75) is 44.6 Å². The third-order valence-corrected chi connectivity index (χ3v) is 4.41. The van der Waals surface area contributed by atoms with Gasteiger partial charge in [0.15, 0.2) is 0 Å². The highest BCUT2D eigenvalue weighted by molar-refractivity contribution is 5.79. The van der Waals surface area contributed by atoms with E-state index in [9.17, 15) is 4.79 Å². The molecule has 1 aliphatic carbocycles. The quantitative estimate of drug-likeness (QED) is 0.872. The largest absolute Gasteiger partial charge is 0.349 e. The fourth-order valence-corrected chi connectivity index (χ4v) is 3.06. The molecule has 3 N–H and O–H groups in total. The molecule has 2 atom stereocenters. The summed E-state index contributed by atoms with van der Waals surface area (Å²) in [7, 11) is 0. The number of carbonyl (C=O) groups is 1. The fourth-order valence-electron chi connectivity index (χ4n) is 3.06. The molecule has 19 heavy (non-hydrogen) atoms. The second-order valence-corrected chi connectivity index (χ2v) is 5.72. The summed E-state index contributed by atoms with van der Waals surface area (Å²) < 4.78 is 0. The maximum Gasteiger partial charge on any atom is 0.224 e. The second kappa shape index (κ2) is 6.20. The first-order valence-corrected chi connectivity index (χ1v) is 7.21. The monoisotopic (exact) mass is 260 g/mol. The molecule has 1 aromatic rings. The van der Waals surface area contributed by atoms with E-state index in [-0.39, 0.29) is 11.4 Å². The Hall–Kier alpha value is -1.35. The average molecular weight is 260 g/mol. The summed E-state index contributed by atoms with van der Waals surface area (Å²) in [5.41, 5.74) is 6.82. The predicted molar refractivity (Wildman–Crippen MR) is 77.7 cm³/mol. The normalized spacial score (nSPS) is 26.9. The molecule has 1 aromatic carbocycles. The number of benzene rings is 1. The molecule has 0 saturated heterocycles. The number of carbonyl (C=O) groups excluding carboxylic acids is 1. The van der Waals surface area contributed by atoms with Crippen molar-refractivity contribution in [2.75, 3.05) is 6.54 Å². The van der Waals surface area contributed by atoms with Gasteiger partial charge in [-0.3, -0.25) is 4.79 Å². The Bertz CT molecular complexity index is 418. The van der Waals surface area contributed by atoms with Gasteiger partial charge in [0.1, 0.15) is 0 Å². The van der Waals surface area contributed by atoms with Crippen LogP contribution >= 0.6 is 0 Å². The summed E-state index contributed by atoms with van der Waals surface area (Å²) in [5.74, 6) is 0.552. The molecule has 0 bridgehead atoms. The van der Waals surface area contributed by atoms with E-state index in [2.05, 4.69) is 12.2 Å². The number of amides is 1. The number of nitrogens with two attached hydrogens (primary N) is 1. The topological polar surface area (TPSA) is 55.1 Å². The van der Waals surface area contributed by atoms with Crippen LogP contribution in [0.3, 0.4) is 0 Å². The lowest BCUT2D eigenvalue weighted by atomic mass is 9.73. The zero-order chi connectivity index (χ0) is 13.7. The van der Waals surface area contributed by atoms with Crippen molar-refractivity contribution >= 4 is 5.91 Å². The van der Waals surface area contributed by atoms with Crippen molar-refractivity contribution in [1.82, 2.24) is 5.32 Å². The van der Waals surface area contributed by atoms with Crippen LogP contribution in [0.25, 0.3) is 0 Å². The minimum absolute atomic E-state index is 0.0883. The first-order valence-electron chi connectivity index (χ1n) is 7.21. The highest BCUT2D eigenvalue weighted by atomic mass is 16.1. The van der Waals surface area contributed by atoms with Gasteiger partial charge >= 0.3 is 0 Å². The van der Waals surface area contributed by atoms with E-state index in [1.54, 1.807) is 0 Å². The smallest absolute Gasteiger partial charge is 0.224 e. The summed E-state index contributed by atoms with van der Waals surface area (Å²) in [6, 6.07) is 9.86. The summed E-state index contributed by atoms with van der Waals surface area (Å²) in [4.78, 5) is 12.2. The van der Waals surface area contributed by atoms with Gasteiger partial charge in [0, 0.05) is 6.54 Å². The molecule has 3 nitrogen and oxygen atoms in total. The van der Waals surface area contributed by atoms with E-state index in [1.807, 2.05) is 30.3 Å². The molecule has 104 valence electrons. The summed E-state index contributed by atoms with van der Waals surface area (Å²) in [6.07, 6.45) is 5.01. The Labute approximate surface area is 115 Å². The zero-order valence-electron chi connectivity index (χ0n) is 11.7. The SMILES string of the molecule is CC1CCCCC1(CN)NC(=O)Cc1ccccc1. The maximum atomic E-state index is 12.2. The molecule has 1 amide bonds. The number of rotatable bonds is 4. The lowest BCUT2D eigenvalue weighted by molar-refractivity contribution is -0.123. The lowest BCUT2D eigenvalue weighted by Crippen LogP contribution is -2.59. The zero-order valence-corrected chi connectivity index (χ0v) is 11.7. The van der Waals surface area contributed by atoms with Crippen LogP contribution in [-0.4, -0.2) is 18.0 Å². The Balaban J connectivity index is 2.00. The van der Waals surface area contributed by atoms with Crippen molar-refractivity contribution in [3.63, 3.8) is 0 Å². The van der Waals surface area contributed by atoms with Crippen molar-refractivity contribution < 1.29 is 4.79 Å². The lowest BCUT2D eigenvalue weighted by Gasteiger charge is -2.42. The van der Waals surface area contributed by atoms with Gasteiger partial charge in [-0.2, -0.15) is 0 Å². The molecule has 0 radical (unpaired) electrons. The predicted octanol–water partition coefficient (Wildman–Crippen LogP) is 2.25. The van der Waals surface area contributed by atoms with Gasteiger partial charge in [-0.25, -0.2) is 0 Å². The molecule has 3 heteroatoms. The van der Waals surface area contributed by atoms with Crippen molar-refractivity contribution in [3.8, 4) is 0 Å². The van der Waals surface area contributed by atoms with Gasteiger partial charge in [-0.15, -0.1) is 0 Å². The maximum absolute atomic E-state index is 12.2. The molecule has 0 spiro atoms. The molecule has 1 fully saturated rings. The Morgan fingerprint density at radius 3 is 2.74 bits per heavy atom. The summed E-state index contributed by atoms with van der Waals surface area (Å²) in [5, 5.41) is 3.22. The Morgan fingerprint density at radius 2 is 2.11 bits per heavy atom. The van der Waals surface area contributed by atoms with Crippen LogP contribution in [0.1, 0.15) is 38.2 Å². The third kappa shape index (κ3) is 3.35. The van der Waals surface area contributed by atoms with Crippen LogP contribution in [-0.2, 0) is 11.2 Å². The van der Waals surface area contributed by atoms with Crippen LogP contribution < -0.4 is 11.1 Å². The average Bonchev–Trinajstić information content (AvgIpc) is 2.42. The van der Waals surface area contributed by atoms with Crippen molar-refractivity contribution in [1.29, 1.82) is 0 Å². The molecule has 0 heterocycles.